The molecule has 1 aliphatic heterocycles. The van der Waals surface area contributed by atoms with E-state index in [4.69, 9.17) is 27.9 Å². The molecule has 0 unspecified atom stereocenters. The highest BCUT2D eigenvalue weighted by atomic mass is 35.5. The predicted molar refractivity (Wildman–Crippen MR) is 76.0 cm³/mol. The Morgan fingerprint density at radius 2 is 2.26 bits per heavy atom. The fourth-order valence-electron chi connectivity index (χ4n) is 2.06. The monoisotopic (exact) mass is 302 g/mol. The lowest BCUT2D eigenvalue weighted by Gasteiger charge is -2.16. The van der Waals surface area contributed by atoms with Gasteiger partial charge in [0, 0.05) is 26.2 Å². The minimum atomic E-state index is 0.0233. The summed E-state index contributed by atoms with van der Waals surface area (Å²) in [5.74, 6) is 0.733. The lowest BCUT2D eigenvalue weighted by molar-refractivity contribution is -0.121. The first-order chi connectivity index (χ1) is 9.08. The molecule has 0 aromatic heterocycles. The molecule has 19 heavy (non-hydrogen) atoms. The van der Waals surface area contributed by atoms with Gasteiger partial charge in [0.1, 0.15) is 11.9 Å². The molecule has 1 fully saturated rings. The third-order valence-electron chi connectivity index (χ3n) is 3.07. The van der Waals surface area contributed by atoms with Crippen molar-refractivity contribution in [2.24, 2.45) is 0 Å². The van der Waals surface area contributed by atoms with Crippen molar-refractivity contribution in [3.05, 3.63) is 28.2 Å². The first kappa shape index (κ1) is 14.4. The van der Waals surface area contributed by atoms with Crippen LogP contribution in [0.15, 0.2) is 18.2 Å². The van der Waals surface area contributed by atoms with Gasteiger partial charge < -0.3 is 10.1 Å². The Balaban J connectivity index is 1.87. The van der Waals surface area contributed by atoms with E-state index in [0.717, 1.165) is 19.5 Å². The van der Waals surface area contributed by atoms with E-state index in [0.29, 0.717) is 22.3 Å². The van der Waals surface area contributed by atoms with E-state index in [2.05, 4.69) is 10.2 Å². The number of benzene rings is 1. The van der Waals surface area contributed by atoms with Crippen molar-refractivity contribution in [2.45, 2.75) is 12.5 Å². The maximum atomic E-state index is 11.3. The quantitative estimate of drug-likeness (QED) is 0.927. The molecule has 1 amide bonds. The van der Waals surface area contributed by atoms with Crippen LogP contribution in [0.5, 0.6) is 5.75 Å². The number of amides is 1. The number of ether oxygens (including phenoxy) is 1. The van der Waals surface area contributed by atoms with Gasteiger partial charge in [-0.1, -0.05) is 23.2 Å². The average Bonchev–Trinajstić information content (AvgIpc) is 2.81. The Morgan fingerprint density at radius 1 is 1.47 bits per heavy atom. The number of nitrogens with one attached hydrogen (secondary N) is 1. The Labute approximate surface area is 122 Å². The zero-order valence-corrected chi connectivity index (χ0v) is 12.2. The fourth-order valence-corrected chi connectivity index (χ4v) is 2.35. The van der Waals surface area contributed by atoms with Gasteiger partial charge in [-0.05, 0) is 18.6 Å². The van der Waals surface area contributed by atoms with Crippen molar-refractivity contribution in [1.82, 2.24) is 10.2 Å². The van der Waals surface area contributed by atoms with Crippen molar-refractivity contribution in [1.29, 1.82) is 0 Å². The van der Waals surface area contributed by atoms with Crippen molar-refractivity contribution in [3.63, 3.8) is 0 Å². The van der Waals surface area contributed by atoms with Crippen molar-refractivity contribution >= 4 is 29.1 Å². The Kier molecular flexibility index (Phi) is 4.91. The first-order valence-electron chi connectivity index (χ1n) is 6.13. The minimum absolute atomic E-state index is 0.0233. The summed E-state index contributed by atoms with van der Waals surface area (Å²) >= 11 is 11.8. The number of carbonyl (C=O) groups excluding carboxylic acids is 1. The molecule has 0 aliphatic carbocycles. The van der Waals surface area contributed by atoms with Gasteiger partial charge in [0.25, 0.3) is 0 Å². The second-order valence-corrected chi connectivity index (χ2v) is 5.33. The third-order valence-corrected chi connectivity index (χ3v) is 3.81. The van der Waals surface area contributed by atoms with Gasteiger partial charge >= 0.3 is 0 Å². The van der Waals surface area contributed by atoms with Crippen LogP contribution in [-0.4, -0.2) is 43.6 Å². The normalized spacial score (nSPS) is 19.4. The highest BCUT2D eigenvalue weighted by Crippen LogP contribution is 2.27. The van der Waals surface area contributed by atoms with Crippen LogP contribution in [0.3, 0.4) is 0 Å². The van der Waals surface area contributed by atoms with Gasteiger partial charge in [0.15, 0.2) is 0 Å². The number of nitrogens with zero attached hydrogens (tertiary/aromatic N) is 1. The highest BCUT2D eigenvalue weighted by Gasteiger charge is 2.25. The molecule has 6 heteroatoms. The van der Waals surface area contributed by atoms with E-state index in [9.17, 15) is 4.79 Å². The second kappa shape index (κ2) is 6.46. The van der Waals surface area contributed by atoms with Gasteiger partial charge in [-0.25, -0.2) is 0 Å². The van der Waals surface area contributed by atoms with Gasteiger partial charge in [-0.2, -0.15) is 0 Å². The summed E-state index contributed by atoms with van der Waals surface area (Å²) in [6, 6.07) is 5.23. The SMILES string of the molecule is CNC(=O)CN1CC[C@@H](Oc2ccc(Cl)c(Cl)c2)C1. The lowest BCUT2D eigenvalue weighted by atomic mass is 10.3. The molecule has 1 aliphatic rings. The molecular weight excluding hydrogens is 287 g/mol. The molecule has 1 saturated heterocycles. The second-order valence-electron chi connectivity index (χ2n) is 4.51. The summed E-state index contributed by atoms with van der Waals surface area (Å²) in [4.78, 5) is 13.4. The smallest absolute Gasteiger partial charge is 0.233 e. The van der Waals surface area contributed by atoms with E-state index in [1.165, 1.54) is 0 Å². The molecule has 0 saturated carbocycles. The van der Waals surface area contributed by atoms with E-state index in [1.807, 2.05) is 0 Å². The van der Waals surface area contributed by atoms with Crippen LogP contribution in [0.4, 0.5) is 0 Å². The number of rotatable bonds is 4. The van der Waals surface area contributed by atoms with E-state index >= 15 is 0 Å². The lowest BCUT2D eigenvalue weighted by Crippen LogP contribution is -2.35. The first-order valence-corrected chi connectivity index (χ1v) is 6.88. The molecular formula is C13H16Cl2N2O2. The molecule has 4 nitrogen and oxygen atoms in total. The van der Waals surface area contributed by atoms with Gasteiger partial charge in [0.2, 0.25) is 5.91 Å². The van der Waals surface area contributed by atoms with Crippen LogP contribution >= 0.6 is 23.2 Å². The van der Waals surface area contributed by atoms with Gasteiger partial charge in [-0.3, -0.25) is 9.69 Å². The van der Waals surface area contributed by atoms with Gasteiger partial charge in [0.05, 0.1) is 16.6 Å². The summed E-state index contributed by atoms with van der Waals surface area (Å²) in [6.07, 6.45) is 0.985. The van der Waals surface area contributed by atoms with Crippen LogP contribution < -0.4 is 10.1 Å². The minimum Gasteiger partial charge on any atom is -0.489 e. The summed E-state index contributed by atoms with van der Waals surface area (Å²) in [5, 5.41) is 3.62. The van der Waals surface area contributed by atoms with Crippen LogP contribution in [0.25, 0.3) is 0 Å². The molecule has 0 spiro atoms. The van der Waals surface area contributed by atoms with Crippen molar-refractivity contribution in [3.8, 4) is 5.75 Å². The van der Waals surface area contributed by atoms with E-state index in [1.54, 1.807) is 25.2 Å². The summed E-state index contributed by atoms with van der Waals surface area (Å²) in [7, 11) is 1.64. The molecule has 2 rings (SSSR count). The Hall–Kier alpha value is -0.970. The largest absolute Gasteiger partial charge is 0.489 e. The maximum absolute atomic E-state index is 11.3. The maximum Gasteiger partial charge on any atom is 0.233 e. The Morgan fingerprint density at radius 3 is 2.95 bits per heavy atom. The summed E-state index contributed by atoms with van der Waals surface area (Å²) < 4.78 is 5.84. The molecule has 104 valence electrons. The number of hydrogen-bond acceptors (Lipinski definition) is 3. The zero-order valence-electron chi connectivity index (χ0n) is 10.7. The van der Waals surface area contributed by atoms with Crippen molar-refractivity contribution < 1.29 is 9.53 Å². The number of hydrogen-bond donors (Lipinski definition) is 1. The fraction of sp³-hybridized carbons (Fsp3) is 0.462. The predicted octanol–water partition coefficient (Wildman–Crippen LogP) is 2.19. The molecule has 1 heterocycles. The average molecular weight is 303 g/mol. The third kappa shape index (κ3) is 4.00. The molecule has 1 atom stereocenters. The van der Waals surface area contributed by atoms with Crippen LogP contribution in [0, 0.1) is 0 Å². The number of carbonyl (C=O) groups is 1. The molecule has 0 bridgehead atoms. The van der Waals surface area contributed by atoms with Gasteiger partial charge in [-0.15, -0.1) is 0 Å². The number of halogens is 2. The molecule has 1 N–H and O–H groups in total. The topological polar surface area (TPSA) is 41.6 Å². The van der Waals surface area contributed by atoms with E-state index in [-0.39, 0.29) is 12.0 Å². The van der Waals surface area contributed by atoms with Crippen LogP contribution in [0.1, 0.15) is 6.42 Å². The highest BCUT2D eigenvalue weighted by molar-refractivity contribution is 6.42. The van der Waals surface area contributed by atoms with Crippen LogP contribution in [-0.2, 0) is 4.79 Å². The number of likely N-dealkylation sites (N-methyl/N-ethyl adjacent to an activating group) is 1. The standard InChI is InChI=1S/C13H16Cl2N2O2/c1-16-13(18)8-17-5-4-10(7-17)19-9-2-3-11(14)12(15)6-9/h2-3,6,10H,4-5,7-8H2,1H3,(H,16,18)/t10-/m1/s1. The van der Waals surface area contributed by atoms with Crippen molar-refractivity contribution in [2.75, 3.05) is 26.7 Å². The zero-order chi connectivity index (χ0) is 13.8. The van der Waals surface area contributed by atoms with Crippen LogP contribution in [0.2, 0.25) is 10.0 Å². The molecule has 0 radical (unpaired) electrons. The Bertz CT molecular complexity index is 468. The summed E-state index contributed by atoms with van der Waals surface area (Å²) in [6.45, 7) is 2.02. The molecule has 1 aromatic rings. The van der Waals surface area contributed by atoms with E-state index < -0.39 is 0 Å². The number of likely N-dealkylation sites (tertiary alicyclic amines) is 1. The molecule has 1 aromatic carbocycles. The summed E-state index contributed by atoms with van der Waals surface area (Å²) in [5.41, 5.74) is 0.